The Balaban J connectivity index is 1.02. The van der Waals surface area contributed by atoms with Gasteiger partial charge in [-0.3, -0.25) is 9.69 Å². The number of aliphatic carboxylic acids is 1. The highest BCUT2D eigenvalue weighted by atomic mass is 19.4. The minimum atomic E-state index is -4.98. The van der Waals surface area contributed by atoms with Gasteiger partial charge in [-0.15, -0.1) is 0 Å². The molecule has 292 valence electrons. The second kappa shape index (κ2) is 14.4. The van der Waals surface area contributed by atoms with Crippen molar-refractivity contribution >= 4 is 23.5 Å². The number of carbonyl (C=O) groups is 2. The molecule has 4 aliphatic carbocycles. The number of alkyl halides is 3. The maximum absolute atomic E-state index is 14.9. The number of carboxylic acid groups (broad SMARTS) is 1. The number of ether oxygens (including phenoxy) is 1. The summed E-state index contributed by atoms with van der Waals surface area (Å²) in [6, 6.07) is 8.13. The standard InChI is InChI=1S/C41H48F3N7O4/c42-41(43,44)36-32(37(52)49-40(38(53)54)29-6-4-24-15-25(17-29)18-30(40)16-24)20-47-39(48-36)51-22-33(26-8-13-55-14-9-26)31-19-27(5-7-34(31)51)28-3-1-12-50(21-28)23-35-45-10-2-11-46-35/h2,5,7,10-11,19-20,24-26,28-30,33H,1,3-4,6,8-9,12-18,21-23H2,(H,49,52)(H,53,54). The quantitative estimate of drug-likeness (QED) is 0.255. The number of aromatic nitrogens is 4. The summed E-state index contributed by atoms with van der Waals surface area (Å²) in [5, 5.41) is 13.3. The normalized spacial score (nSPS) is 30.9. The van der Waals surface area contributed by atoms with Crippen molar-refractivity contribution in [3.05, 3.63) is 71.1 Å². The minimum Gasteiger partial charge on any atom is -0.479 e. The van der Waals surface area contributed by atoms with Crippen molar-refractivity contribution in [2.45, 2.75) is 94.3 Å². The minimum absolute atomic E-state index is 0.0356. The van der Waals surface area contributed by atoms with Gasteiger partial charge in [-0.25, -0.2) is 24.7 Å². The summed E-state index contributed by atoms with van der Waals surface area (Å²) in [6.07, 6.45) is 7.80. The Labute approximate surface area is 318 Å². The molecule has 2 saturated heterocycles. The number of piperidine rings is 1. The molecule has 1 aromatic carbocycles. The van der Waals surface area contributed by atoms with E-state index in [0.717, 1.165) is 74.9 Å². The van der Waals surface area contributed by atoms with Gasteiger partial charge in [0.2, 0.25) is 5.95 Å². The van der Waals surface area contributed by atoms with Crippen molar-refractivity contribution in [2.24, 2.45) is 29.6 Å². The molecule has 3 aliphatic heterocycles. The predicted molar refractivity (Wildman–Crippen MR) is 196 cm³/mol. The molecule has 6 fully saturated rings. The first kappa shape index (κ1) is 36.5. The van der Waals surface area contributed by atoms with Gasteiger partial charge in [0.15, 0.2) is 5.69 Å². The lowest BCUT2D eigenvalue weighted by atomic mass is 9.58. The molecule has 0 radical (unpaired) electrons. The molecule has 4 bridgehead atoms. The van der Waals surface area contributed by atoms with Crippen LogP contribution in [0.25, 0.3) is 0 Å². The zero-order valence-electron chi connectivity index (χ0n) is 30.9. The molecular weight excluding hydrogens is 711 g/mol. The Morgan fingerprint density at radius 1 is 0.945 bits per heavy atom. The molecule has 55 heavy (non-hydrogen) atoms. The summed E-state index contributed by atoms with van der Waals surface area (Å²) in [5.74, 6) is -0.866. The zero-order valence-corrected chi connectivity index (χ0v) is 30.9. The molecule has 2 aromatic heterocycles. The van der Waals surface area contributed by atoms with E-state index in [4.69, 9.17) is 4.74 Å². The van der Waals surface area contributed by atoms with Gasteiger partial charge in [0.25, 0.3) is 5.91 Å². The van der Waals surface area contributed by atoms with Gasteiger partial charge in [0.1, 0.15) is 11.4 Å². The molecule has 0 spiro atoms. The zero-order chi connectivity index (χ0) is 37.9. The Morgan fingerprint density at radius 2 is 1.73 bits per heavy atom. The molecular formula is C41H48F3N7O4. The molecule has 11 nitrogen and oxygen atoms in total. The van der Waals surface area contributed by atoms with E-state index >= 15 is 0 Å². The largest absolute Gasteiger partial charge is 0.479 e. The van der Waals surface area contributed by atoms with Crippen LogP contribution < -0.4 is 10.2 Å². The van der Waals surface area contributed by atoms with Gasteiger partial charge in [-0.1, -0.05) is 18.6 Å². The number of anilines is 2. The van der Waals surface area contributed by atoms with Crippen LogP contribution in [0.4, 0.5) is 24.8 Å². The fourth-order valence-corrected chi connectivity index (χ4v) is 11.4. The first-order valence-electron chi connectivity index (χ1n) is 20.0. The Bertz CT molecular complexity index is 1920. The van der Waals surface area contributed by atoms with Crippen LogP contribution in [0.3, 0.4) is 0 Å². The fraction of sp³-hybridized carbons (Fsp3) is 0.610. The fourth-order valence-electron chi connectivity index (χ4n) is 11.4. The van der Waals surface area contributed by atoms with Crippen LogP contribution in [0.5, 0.6) is 0 Å². The molecule has 5 heterocycles. The Hall–Kier alpha value is -4.17. The van der Waals surface area contributed by atoms with E-state index in [0.29, 0.717) is 63.8 Å². The number of benzene rings is 1. The Morgan fingerprint density at radius 3 is 2.51 bits per heavy atom. The molecule has 3 aromatic rings. The van der Waals surface area contributed by atoms with Gasteiger partial charge in [-0.05, 0) is 123 Å². The van der Waals surface area contributed by atoms with Crippen molar-refractivity contribution < 1.29 is 32.6 Å². The molecule has 7 aliphatic rings. The molecule has 7 unspecified atom stereocenters. The number of carboxylic acids is 1. The number of nitrogens with zero attached hydrogens (tertiary/aromatic N) is 6. The lowest BCUT2D eigenvalue weighted by molar-refractivity contribution is -0.154. The summed E-state index contributed by atoms with van der Waals surface area (Å²) in [6.45, 7) is 4.17. The SMILES string of the molecule is O=C(NC1(C(=O)O)C2CCC3CC(C2)CC1C3)c1cnc(N2CC(C3CCOCC3)c3cc(C4CCCN(Cc5ncccn5)C4)ccc32)nc1C(F)(F)F. The van der Waals surface area contributed by atoms with Gasteiger partial charge in [0.05, 0.1) is 12.1 Å². The lowest BCUT2D eigenvalue weighted by Crippen LogP contribution is -2.66. The number of carbonyl (C=O) groups excluding carboxylic acids is 1. The molecule has 4 saturated carbocycles. The van der Waals surface area contributed by atoms with E-state index < -0.39 is 34.8 Å². The number of halogens is 3. The Kier molecular flexibility index (Phi) is 9.55. The average Bonchev–Trinajstić information content (AvgIpc) is 3.45. The summed E-state index contributed by atoms with van der Waals surface area (Å²) in [7, 11) is 0. The number of hydrogen-bond donors (Lipinski definition) is 2. The van der Waals surface area contributed by atoms with Gasteiger partial charge >= 0.3 is 12.1 Å². The van der Waals surface area contributed by atoms with E-state index in [2.05, 4.69) is 42.3 Å². The van der Waals surface area contributed by atoms with Crippen molar-refractivity contribution in [3.63, 3.8) is 0 Å². The van der Waals surface area contributed by atoms with Crippen LogP contribution in [0.15, 0.2) is 42.9 Å². The first-order valence-corrected chi connectivity index (χ1v) is 20.0. The van der Waals surface area contributed by atoms with Crippen LogP contribution >= 0.6 is 0 Å². The highest BCUT2D eigenvalue weighted by Gasteiger charge is 2.60. The maximum Gasteiger partial charge on any atom is 0.434 e. The number of nitrogens with one attached hydrogen (secondary N) is 1. The highest BCUT2D eigenvalue weighted by Crippen LogP contribution is 2.56. The van der Waals surface area contributed by atoms with Crippen LogP contribution in [0.2, 0.25) is 0 Å². The summed E-state index contributed by atoms with van der Waals surface area (Å²) < 4.78 is 50.5. The third-order valence-corrected chi connectivity index (χ3v) is 13.9. The van der Waals surface area contributed by atoms with E-state index in [1.807, 2.05) is 12.1 Å². The number of amides is 1. The molecule has 14 heteroatoms. The third kappa shape index (κ3) is 6.76. The van der Waals surface area contributed by atoms with Crippen molar-refractivity contribution in [2.75, 3.05) is 37.7 Å². The summed E-state index contributed by atoms with van der Waals surface area (Å²) in [4.78, 5) is 48.5. The summed E-state index contributed by atoms with van der Waals surface area (Å²) >= 11 is 0. The number of rotatable bonds is 8. The van der Waals surface area contributed by atoms with Crippen LogP contribution in [-0.2, 0) is 22.3 Å². The monoisotopic (exact) mass is 759 g/mol. The van der Waals surface area contributed by atoms with Crippen molar-refractivity contribution in [1.82, 2.24) is 30.2 Å². The van der Waals surface area contributed by atoms with Gasteiger partial charge < -0.3 is 20.1 Å². The van der Waals surface area contributed by atoms with Crippen LogP contribution in [-0.4, -0.2) is 80.2 Å². The molecule has 7 atom stereocenters. The van der Waals surface area contributed by atoms with E-state index in [-0.39, 0.29) is 35.5 Å². The number of fused-ring (bicyclic) bond motifs is 2. The average molecular weight is 760 g/mol. The smallest absolute Gasteiger partial charge is 0.434 e. The van der Waals surface area contributed by atoms with Crippen LogP contribution in [0.1, 0.15) is 109 Å². The van der Waals surface area contributed by atoms with E-state index in [1.54, 1.807) is 17.3 Å². The third-order valence-electron chi connectivity index (χ3n) is 13.9. The molecule has 10 rings (SSSR count). The number of likely N-dealkylation sites (tertiary alicyclic amines) is 1. The van der Waals surface area contributed by atoms with E-state index in [1.165, 1.54) is 5.56 Å². The second-order valence-electron chi connectivity index (χ2n) is 16.9. The van der Waals surface area contributed by atoms with E-state index in [9.17, 15) is 27.9 Å². The predicted octanol–water partition coefficient (Wildman–Crippen LogP) is 6.73. The number of hydrogen-bond acceptors (Lipinski definition) is 9. The topological polar surface area (TPSA) is 134 Å². The van der Waals surface area contributed by atoms with Crippen molar-refractivity contribution in [3.8, 4) is 0 Å². The highest BCUT2D eigenvalue weighted by molar-refractivity contribution is 5.99. The second-order valence-corrected chi connectivity index (χ2v) is 16.9. The molecule has 1 amide bonds. The maximum atomic E-state index is 14.9. The summed E-state index contributed by atoms with van der Waals surface area (Å²) in [5.41, 5.74) is -0.665. The van der Waals surface area contributed by atoms with Gasteiger partial charge in [-0.2, -0.15) is 13.2 Å². The van der Waals surface area contributed by atoms with Crippen LogP contribution in [0, 0.1) is 29.6 Å². The molecule has 2 N–H and O–H groups in total. The first-order chi connectivity index (χ1) is 26.6. The lowest BCUT2D eigenvalue weighted by Gasteiger charge is -2.50. The van der Waals surface area contributed by atoms with Crippen molar-refractivity contribution in [1.29, 1.82) is 0 Å². The van der Waals surface area contributed by atoms with Gasteiger partial charge in [0, 0.05) is 56.5 Å².